The molecule has 6 atom stereocenters. The smallest absolute Gasteiger partial charge is 0.240 e. The highest BCUT2D eigenvalue weighted by Gasteiger charge is 2.33. The summed E-state index contributed by atoms with van der Waals surface area (Å²) in [5, 5.41) is 19.7. The number of aliphatic hydroxyl groups excluding tert-OH is 1. The Morgan fingerprint density at radius 3 is 0.843 bits per heavy atom. The molecule has 12 rings (SSSR count). The van der Waals surface area contributed by atoms with Crippen LogP contribution in [-0.4, -0.2) is 101 Å². The Morgan fingerprint density at radius 2 is 0.588 bits per heavy atom. The minimum atomic E-state index is -0.243. The highest BCUT2D eigenvalue weighted by atomic mass is 16.7. The van der Waals surface area contributed by atoms with E-state index in [-0.39, 0.29) is 60.6 Å². The average Bonchev–Trinajstić information content (AvgIpc) is 0.852. The number of amides is 3. The monoisotopic (exact) mass is 1380 g/mol. The number of nitrogens with zero attached hydrogens (tertiary/aromatic N) is 3. The van der Waals surface area contributed by atoms with Gasteiger partial charge in [-0.05, 0) is 120 Å². The number of aryl methyl sites for hydroxylation is 2. The molecule has 3 aliphatic heterocycles. The van der Waals surface area contributed by atoms with Crippen molar-refractivity contribution >= 4 is 17.7 Å². The van der Waals surface area contributed by atoms with Gasteiger partial charge in [-0.15, -0.1) is 0 Å². The van der Waals surface area contributed by atoms with Crippen molar-refractivity contribution in [2.24, 2.45) is 0 Å². The quantitative estimate of drug-likeness (QED) is 0.0219. The van der Waals surface area contributed by atoms with E-state index in [2.05, 4.69) is 119 Å². The van der Waals surface area contributed by atoms with Gasteiger partial charge in [0, 0.05) is 77.0 Å². The predicted octanol–water partition coefficient (Wildman–Crippen LogP) is 12.3. The third-order valence-electron chi connectivity index (χ3n) is 18.6. The van der Waals surface area contributed by atoms with Crippen molar-refractivity contribution in [3.63, 3.8) is 0 Å². The molecule has 17 heteroatoms. The number of benzene rings is 9. The van der Waals surface area contributed by atoms with Crippen molar-refractivity contribution in [2.75, 3.05) is 26.7 Å². The number of hydroxylamine groups is 3. The Hall–Kier alpha value is -9.21. The maximum absolute atomic E-state index is 13.6. The van der Waals surface area contributed by atoms with E-state index in [9.17, 15) is 19.5 Å². The highest BCUT2D eigenvalue weighted by Crippen LogP contribution is 2.23. The molecule has 3 heterocycles. The molecule has 534 valence electrons. The Bertz CT molecular complexity index is 3700. The van der Waals surface area contributed by atoms with Crippen LogP contribution in [0.2, 0.25) is 0 Å². The molecule has 3 saturated heterocycles. The van der Waals surface area contributed by atoms with E-state index >= 15 is 0 Å². The summed E-state index contributed by atoms with van der Waals surface area (Å²) in [6, 6.07) is 83.0. The zero-order valence-electron chi connectivity index (χ0n) is 59.2. The van der Waals surface area contributed by atoms with E-state index in [1.165, 1.54) is 11.1 Å². The summed E-state index contributed by atoms with van der Waals surface area (Å²) < 4.78 is 5.27. The molecule has 3 amide bonds. The van der Waals surface area contributed by atoms with Crippen LogP contribution in [0.4, 0.5) is 0 Å². The zero-order valence-corrected chi connectivity index (χ0v) is 59.2. The molecule has 0 bridgehead atoms. The molecule has 3 fully saturated rings. The molecule has 0 radical (unpaired) electrons. The van der Waals surface area contributed by atoms with Gasteiger partial charge < -0.3 is 40.5 Å². The average molecular weight is 1380 g/mol. The van der Waals surface area contributed by atoms with Crippen LogP contribution in [0, 0.1) is 13.8 Å². The van der Waals surface area contributed by atoms with Gasteiger partial charge in [0.15, 0.2) is 0 Å². The zero-order chi connectivity index (χ0) is 70.9. The lowest BCUT2D eigenvalue weighted by atomic mass is 9.99. The summed E-state index contributed by atoms with van der Waals surface area (Å²) >= 11 is 0. The molecule has 0 unspecified atom stereocenters. The number of piperidine rings is 3. The molecule has 3 aliphatic rings. The number of carbonyl (C=O) groups excluding carboxylic acids is 3. The second-order valence-electron chi connectivity index (χ2n) is 26.7. The number of methoxy groups -OCH3 is 1. The van der Waals surface area contributed by atoms with Gasteiger partial charge in [-0.1, -0.05) is 248 Å². The minimum Gasteiger partial charge on any atom is -0.497 e. The molecule has 9 aromatic rings. The van der Waals surface area contributed by atoms with Gasteiger partial charge in [0.2, 0.25) is 17.7 Å². The molecule has 0 aromatic heterocycles. The van der Waals surface area contributed by atoms with Crippen molar-refractivity contribution in [3.8, 4) is 5.75 Å². The molecule has 0 saturated carbocycles. The van der Waals surface area contributed by atoms with Crippen molar-refractivity contribution in [1.82, 2.24) is 47.1 Å². The number of hydrogen-bond donors (Lipinski definition) is 7. The predicted molar refractivity (Wildman–Crippen MR) is 401 cm³/mol. The van der Waals surface area contributed by atoms with Gasteiger partial charge in [-0.2, -0.15) is 16.4 Å². The van der Waals surface area contributed by atoms with E-state index in [1.807, 2.05) is 191 Å². The Labute approximate surface area is 602 Å². The summed E-state index contributed by atoms with van der Waals surface area (Å²) in [5.74, 6) is 1.19. The molecular weight excluding hydrogens is 1270 g/mol. The van der Waals surface area contributed by atoms with E-state index in [0.717, 1.165) is 99.9 Å². The van der Waals surface area contributed by atoms with Crippen molar-refractivity contribution in [2.45, 2.75) is 154 Å². The number of nitrogens with one attached hydrogen (secondary N) is 6. The van der Waals surface area contributed by atoms with Gasteiger partial charge in [-0.3, -0.25) is 28.9 Å². The van der Waals surface area contributed by atoms with E-state index < -0.39 is 0 Å². The fourth-order valence-electron chi connectivity index (χ4n) is 12.6. The lowest BCUT2D eigenvalue weighted by Crippen LogP contribution is -2.54. The van der Waals surface area contributed by atoms with Crippen molar-refractivity contribution in [1.29, 1.82) is 0 Å². The van der Waals surface area contributed by atoms with Gasteiger partial charge >= 0.3 is 0 Å². The number of rotatable bonds is 29. The van der Waals surface area contributed by atoms with Crippen LogP contribution in [0.5, 0.6) is 5.75 Å². The Morgan fingerprint density at radius 1 is 0.343 bits per heavy atom. The lowest BCUT2D eigenvalue weighted by Gasteiger charge is -2.33. The van der Waals surface area contributed by atoms with E-state index in [4.69, 9.17) is 19.2 Å². The number of ether oxygens (including phenoxy) is 1. The third-order valence-corrected chi connectivity index (χ3v) is 18.6. The summed E-state index contributed by atoms with van der Waals surface area (Å²) in [5.41, 5.74) is 22.8. The number of aliphatic hydroxyl groups is 1. The highest BCUT2D eigenvalue weighted by molar-refractivity contribution is 5.83. The first-order valence-corrected chi connectivity index (χ1v) is 35.8. The van der Waals surface area contributed by atoms with E-state index in [1.54, 1.807) is 7.11 Å². The molecular formula is C85H101N9O8. The maximum Gasteiger partial charge on any atom is 0.240 e. The molecule has 9 aromatic carbocycles. The molecule has 7 N–H and O–H groups in total. The molecule has 102 heavy (non-hydrogen) atoms. The first-order chi connectivity index (χ1) is 50.0. The van der Waals surface area contributed by atoms with Crippen LogP contribution in [-0.2, 0) is 94.6 Å². The van der Waals surface area contributed by atoms with Crippen LogP contribution in [0.3, 0.4) is 0 Å². The lowest BCUT2D eigenvalue weighted by molar-refractivity contribution is -0.136. The largest absolute Gasteiger partial charge is 0.497 e. The van der Waals surface area contributed by atoms with Crippen LogP contribution >= 0.6 is 0 Å². The SMILES string of the molecule is COc1ccc(CN(Cc2ccc(CO)cc2)C(=O)[C@@H]2CC[C@@H](NOCc3ccccc3)CN2)cc1.Cc1ccc(CN(Cc2ccc(C)cc2)C(=O)[C@@H]2CC[C@@H](NOCc3ccccc3)CN2)cc1.O=C([C@@H]1CC[C@@H](NOCc2ccccc2)CN1)N(Cc1ccccc1)Cc1ccccc1. The Kier molecular flexibility index (Phi) is 30.4. The molecule has 17 nitrogen and oxygen atoms in total. The van der Waals surface area contributed by atoms with E-state index in [0.29, 0.717) is 78.7 Å². The van der Waals surface area contributed by atoms with Crippen LogP contribution in [0.1, 0.15) is 105 Å². The topological polar surface area (TPSA) is 190 Å². The fraction of sp³-hybridized carbons (Fsp3) is 0.329. The van der Waals surface area contributed by atoms with Crippen LogP contribution in [0.25, 0.3) is 0 Å². The molecule has 0 aliphatic carbocycles. The second-order valence-corrected chi connectivity index (χ2v) is 26.7. The van der Waals surface area contributed by atoms with Gasteiger partial charge in [0.25, 0.3) is 0 Å². The summed E-state index contributed by atoms with van der Waals surface area (Å²) in [4.78, 5) is 63.5. The first-order valence-electron chi connectivity index (χ1n) is 35.8. The summed E-state index contributed by atoms with van der Waals surface area (Å²) in [6.45, 7) is 11.2. The maximum atomic E-state index is 13.6. The second kappa shape index (κ2) is 41.0. The minimum absolute atomic E-state index is 0.00499. The normalized spacial score (nSPS) is 17.9. The van der Waals surface area contributed by atoms with Crippen LogP contribution in [0.15, 0.2) is 249 Å². The summed E-state index contributed by atoms with van der Waals surface area (Å²) in [7, 11) is 1.64. The van der Waals surface area contributed by atoms with Gasteiger partial charge in [0.05, 0.1) is 51.7 Å². The van der Waals surface area contributed by atoms with Gasteiger partial charge in [0.1, 0.15) is 5.75 Å². The van der Waals surface area contributed by atoms with Crippen molar-refractivity contribution in [3.05, 3.63) is 315 Å². The van der Waals surface area contributed by atoms with Crippen molar-refractivity contribution < 1.29 is 38.7 Å². The third kappa shape index (κ3) is 25.1. The number of carbonyl (C=O) groups is 3. The first kappa shape index (κ1) is 75.5. The van der Waals surface area contributed by atoms with Crippen LogP contribution < -0.4 is 37.1 Å². The summed E-state index contributed by atoms with van der Waals surface area (Å²) in [6.07, 6.45) is 4.92. The Balaban J connectivity index is 0.000000165. The number of hydrogen-bond acceptors (Lipinski definition) is 14. The molecule has 0 spiro atoms. The van der Waals surface area contributed by atoms with Gasteiger partial charge in [-0.25, -0.2) is 0 Å². The fourth-order valence-corrected chi connectivity index (χ4v) is 12.6. The standard InChI is InChI=1S/C29H35N3O4.C29H35N3O2.C27H31N3O2/c1-35-27-14-11-23(12-15-27)19-32(18-22-7-9-24(20-33)10-8-22)29(34)28-16-13-26(17-30-28)31-36-21-25-5-3-2-4-6-25;1-22-8-12-24(13-9-22)19-32(20-25-14-10-23(2)11-15-25)29(33)28-17-16-27(18-30-28)31-34-21-26-6-4-3-5-7-26;31-27(26-17-16-25(18-28-26)29-32-21-24-14-8-3-9-15-24)30(19-22-10-4-1-5-11-22)20-23-12-6-2-7-13-23/h2-12,14-15,26,28,30-31,33H,13,16-21H2,1H3;3-15,27-28,30-31H,16-21H2,1-2H3;1-15,25-26,28-29H,16-21H2/t26-,28+;27-,28+;25-,26+/m111/s1.